The van der Waals surface area contributed by atoms with Gasteiger partial charge in [-0.05, 0) is 11.6 Å². The molecule has 1 fully saturated rings. The molecule has 0 radical (unpaired) electrons. The molecule has 2 rings (SSSR count). The number of aliphatic hydroxyl groups is 1. The molecule has 0 aliphatic carbocycles. The van der Waals surface area contributed by atoms with Gasteiger partial charge < -0.3 is 10.4 Å². The maximum Gasteiger partial charge on any atom is 0.0641 e. The summed E-state index contributed by atoms with van der Waals surface area (Å²) in [6.07, 6.45) is 0. The van der Waals surface area contributed by atoms with Crippen molar-refractivity contribution in [1.29, 1.82) is 0 Å². The Kier molecular flexibility index (Phi) is 6.71. The standard InChI is InChI=1S/C12H16Cl2N2O.ClH/c13-10-3-1-2-9(12(10)14)11(8-17)16-6-4-15-5-7-16;/h1-3,11,15,17H,4-8H2;1H/t11-;/m1./s1. The number of halogens is 3. The van der Waals surface area contributed by atoms with Crippen molar-refractivity contribution >= 4 is 35.6 Å². The van der Waals surface area contributed by atoms with Crippen LogP contribution in [0, 0.1) is 0 Å². The minimum Gasteiger partial charge on any atom is -0.394 e. The fourth-order valence-electron chi connectivity index (χ4n) is 2.18. The van der Waals surface area contributed by atoms with Gasteiger partial charge in [0.25, 0.3) is 0 Å². The molecule has 1 atom stereocenters. The van der Waals surface area contributed by atoms with Crippen LogP contribution in [0.15, 0.2) is 18.2 Å². The number of aliphatic hydroxyl groups excluding tert-OH is 1. The predicted molar refractivity (Wildman–Crippen MR) is 78.0 cm³/mol. The highest BCUT2D eigenvalue weighted by Crippen LogP contribution is 2.32. The first-order valence-corrected chi connectivity index (χ1v) is 6.49. The number of nitrogens with zero attached hydrogens (tertiary/aromatic N) is 1. The lowest BCUT2D eigenvalue weighted by atomic mass is 10.1. The molecule has 1 heterocycles. The van der Waals surface area contributed by atoms with E-state index in [1.807, 2.05) is 12.1 Å². The van der Waals surface area contributed by atoms with Crippen molar-refractivity contribution in [1.82, 2.24) is 10.2 Å². The molecular weight excluding hydrogens is 295 g/mol. The van der Waals surface area contributed by atoms with Crippen LogP contribution in [0.3, 0.4) is 0 Å². The summed E-state index contributed by atoms with van der Waals surface area (Å²) in [6, 6.07) is 5.49. The Bertz CT molecular complexity index is 384. The van der Waals surface area contributed by atoms with Gasteiger partial charge in [-0.3, -0.25) is 4.90 Å². The number of hydrogen-bond acceptors (Lipinski definition) is 3. The normalized spacial score (nSPS) is 18.2. The third-order valence-electron chi connectivity index (χ3n) is 3.11. The van der Waals surface area contributed by atoms with Crippen LogP contribution in [0.25, 0.3) is 0 Å². The lowest BCUT2D eigenvalue weighted by Gasteiger charge is -2.34. The monoisotopic (exact) mass is 310 g/mol. The van der Waals surface area contributed by atoms with Gasteiger partial charge in [0.15, 0.2) is 0 Å². The van der Waals surface area contributed by atoms with Gasteiger partial charge in [0, 0.05) is 26.2 Å². The fraction of sp³-hybridized carbons (Fsp3) is 0.500. The smallest absolute Gasteiger partial charge is 0.0641 e. The van der Waals surface area contributed by atoms with Crippen LogP contribution in [0.4, 0.5) is 0 Å². The molecule has 0 aromatic heterocycles. The molecule has 0 spiro atoms. The first-order chi connectivity index (χ1) is 8.24. The Hall–Kier alpha value is -0.0300. The molecule has 18 heavy (non-hydrogen) atoms. The van der Waals surface area contributed by atoms with Crippen molar-refractivity contribution in [3.63, 3.8) is 0 Å². The molecule has 0 saturated carbocycles. The van der Waals surface area contributed by atoms with Gasteiger partial charge in [-0.15, -0.1) is 12.4 Å². The Balaban J connectivity index is 0.00000162. The molecule has 102 valence electrons. The predicted octanol–water partition coefficient (Wildman–Crippen LogP) is 2.35. The molecule has 3 nitrogen and oxygen atoms in total. The number of nitrogens with one attached hydrogen (secondary N) is 1. The lowest BCUT2D eigenvalue weighted by molar-refractivity contribution is 0.111. The second kappa shape index (κ2) is 7.53. The van der Waals surface area contributed by atoms with Crippen molar-refractivity contribution in [3.8, 4) is 0 Å². The summed E-state index contributed by atoms with van der Waals surface area (Å²) in [5.74, 6) is 0. The second-order valence-electron chi connectivity index (χ2n) is 4.13. The van der Waals surface area contributed by atoms with Gasteiger partial charge in [-0.1, -0.05) is 35.3 Å². The van der Waals surface area contributed by atoms with E-state index < -0.39 is 0 Å². The van der Waals surface area contributed by atoms with Crippen molar-refractivity contribution in [2.45, 2.75) is 6.04 Å². The molecule has 1 aliphatic heterocycles. The molecule has 0 bridgehead atoms. The van der Waals surface area contributed by atoms with E-state index >= 15 is 0 Å². The van der Waals surface area contributed by atoms with Crippen LogP contribution in [0.2, 0.25) is 10.0 Å². The summed E-state index contributed by atoms with van der Waals surface area (Å²) in [5, 5.41) is 14.0. The van der Waals surface area contributed by atoms with Crippen LogP contribution < -0.4 is 5.32 Å². The van der Waals surface area contributed by atoms with E-state index in [1.54, 1.807) is 6.07 Å². The molecule has 1 saturated heterocycles. The van der Waals surface area contributed by atoms with Gasteiger partial charge >= 0.3 is 0 Å². The van der Waals surface area contributed by atoms with Crippen LogP contribution in [-0.4, -0.2) is 42.8 Å². The average molecular weight is 312 g/mol. The lowest BCUT2D eigenvalue weighted by Crippen LogP contribution is -2.46. The highest BCUT2D eigenvalue weighted by molar-refractivity contribution is 6.42. The first kappa shape index (κ1) is 16.0. The maximum atomic E-state index is 9.58. The van der Waals surface area contributed by atoms with E-state index in [0.29, 0.717) is 10.0 Å². The zero-order valence-corrected chi connectivity index (χ0v) is 12.2. The largest absolute Gasteiger partial charge is 0.394 e. The minimum atomic E-state index is -0.0664. The Morgan fingerprint density at radius 2 is 1.94 bits per heavy atom. The third kappa shape index (κ3) is 3.50. The summed E-state index contributed by atoms with van der Waals surface area (Å²) in [7, 11) is 0. The molecule has 1 aliphatic rings. The Morgan fingerprint density at radius 1 is 1.28 bits per heavy atom. The van der Waals surface area contributed by atoms with Crippen molar-refractivity contribution in [2.75, 3.05) is 32.8 Å². The van der Waals surface area contributed by atoms with E-state index in [9.17, 15) is 5.11 Å². The number of rotatable bonds is 3. The summed E-state index contributed by atoms with van der Waals surface area (Å²) >= 11 is 12.2. The molecule has 2 N–H and O–H groups in total. The van der Waals surface area contributed by atoms with Gasteiger partial charge in [-0.25, -0.2) is 0 Å². The summed E-state index contributed by atoms with van der Waals surface area (Å²) in [5.41, 5.74) is 0.906. The number of hydrogen-bond donors (Lipinski definition) is 2. The van der Waals surface area contributed by atoms with Gasteiger partial charge in [0.1, 0.15) is 0 Å². The Labute approximate surface area is 123 Å². The van der Waals surface area contributed by atoms with E-state index in [4.69, 9.17) is 23.2 Å². The van der Waals surface area contributed by atoms with E-state index in [1.165, 1.54) is 0 Å². The van der Waals surface area contributed by atoms with E-state index in [-0.39, 0.29) is 25.1 Å². The first-order valence-electron chi connectivity index (χ1n) is 5.73. The molecule has 1 aromatic rings. The van der Waals surface area contributed by atoms with Gasteiger partial charge in [0.05, 0.1) is 22.7 Å². The highest BCUT2D eigenvalue weighted by atomic mass is 35.5. The van der Waals surface area contributed by atoms with Crippen LogP contribution in [0.1, 0.15) is 11.6 Å². The van der Waals surface area contributed by atoms with Crippen LogP contribution in [0.5, 0.6) is 0 Å². The van der Waals surface area contributed by atoms with Crippen molar-refractivity contribution in [2.24, 2.45) is 0 Å². The topological polar surface area (TPSA) is 35.5 Å². The van der Waals surface area contributed by atoms with Crippen LogP contribution in [-0.2, 0) is 0 Å². The molecule has 0 unspecified atom stereocenters. The number of piperazine rings is 1. The Morgan fingerprint density at radius 3 is 2.56 bits per heavy atom. The summed E-state index contributed by atoms with van der Waals surface area (Å²) in [4.78, 5) is 2.23. The molecule has 6 heteroatoms. The zero-order valence-electron chi connectivity index (χ0n) is 9.90. The fourth-order valence-corrected chi connectivity index (χ4v) is 2.62. The average Bonchev–Trinajstić information content (AvgIpc) is 2.37. The quantitative estimate of drug-likeness (QED) is 0.899. The molecule has 1 aromatic carbocycles. The maximum absolute atomic E-state index is 9.58. The van der Waals surface area contributed by atoms with Crippen LogP contribution >= 0.6 is 35.6 Å². The second-order valence-corrected chi connectivity index (χ2v) is 4.91. The molecular formula is C12H17Cl3N2O. The molecule has 0 amide bonds. The van der Waals surface area contributed by atoms with Gasteiger partial charge in [-0.2, -0.15) is 0 Å². The van der Waals surface area contributed by atoms with Crippen molar-refractivity contribution in [3.05, 3.63) is 33.8 Å². The zero-order chi connectivity index (χ0) is 12.3. The third-order valence-corrected chi connectivity index (χ3v) is 3.94. The summed E-state index contributed by atoms with van der Waals surface area (Å²) in [6.45, 7) is 3.76. The summed E-state index contributed by atoms with van der Waals surface area (Å²) < 4.78 is 0. The minimum absolute atomic E-state index is 0. The van der Waals surface area contributed by atoms with E-state index in [0.717, 1.165) is 31.7 Å². The van der Waals surface area contributed by atoms with E-state index in [2.05, 4.69) is 10.2 Å². The highest BCUT2D eigenvalue weighted by Gasteiger charge is 2.23. The number of benzene rings is 1. The SMILES string of the molecule is Cl.OC[C@H](c1cccc(Cl)c1Cl)N1CCNCC1. The van der Waals surface area contributed by atoms with Gasteiger partial charge in [0.2, 0.25) is 0 Å². The van der Waals surface area contributed by atoms with Crippen molar-refractivity contribution < 1.29 is 5.11 Å².